The molecule has 0 bridgehead atoms. The smallest absolute Gasteiger partial charge is 0.254 e. The summed E-state index contributed by atoms with van der Waals surface area (Å²) in [6.45, 7) is 2.27. The molecule has 2 aliphatic rings. The molecule has 5 heteroatoms. The van der Waals surface area contributed by atoms with Crippen molar-refractivity contribution in [3.05, 3.63) is 65.7 Å². The number of amides is 1. The highest BCUT2D eigenvalue weighted by molar-refractivity contribution is 5.95. The lowest BCUT2D eigenvalue weighted by Gasteiger charge is -2.33. The van der Waals surface area contributed by atoms with Gasteiger partial charge in [0.15, 0.2) is 0 Å². The average Bonchev–Trinajstić information content (AvgIpc) is 3.10. The molecule has 0 aliphatic carbocycles. The number of rotatable bonds is 7. The predicted molar refractivity (Wildman–Crippen MR) is 124 cm³/mol. The zero-order chi connectivity index (χ0) is 21.5. The molecule has 2 fully saturated rings. The fourth-order valence-corrected chi connectivity index (χ4v) is 5.03. The summed E-state index contributed by atoms with van der Waals surface area (Å²) < 4.78 is 5.71. The van der Waals surface area contributed by atoms with Crippen LogP contribution in [0.2, 0.25) is 0 Å². The number of fused-ring (bicyclic) bond motifs is 1. The van der Waals surface area contributed by atoms with Crippen LogP contribution in [0.3, 0.4) is 0 Å². The van der Waals surface area contributed by atoms with Gasteiger partial charge in [-0.3, -0.25) is 4.79 Å². The third kappa shape index (κ3) is 5.46. The number of nitrogens with zero attached hydrogens (tertiary/aromatic N) is 1. The molecule has 0 spiro atoms. The fraction of sp³-hybridized carbons (Fsp3) is 0.500. The van der Waals surface area contributed by atoms with E-state index in [0.717, 1.165) is 43.5 Å². The van der Waals surface area contributed by atoms with E-state index >= 15 is 0 Å². The molecule has 3 N–H and O–H groups in total. The second-order valence-electron chi connectivity index (χ2n) is 8.78. The molecule has 0 unspecified atom stereocenters. The van der Waals surface area contributed by atoms with E-state index in [1.165, 1.54) is 24.8 Å². The van der Waals surface area contributed by atoms with E-state index in [4.69, 9.17) is 10.5 Å². The molecule has 0 saturated carbocycles. The quantitative estimate of drug-likeness (QED) is 0.668. The first-order valence-corrected chi connectivity index (χ1v) is 11.8. The van der Waals surface area contributed by atoms with Crippen molar-refractivity contribution >= 4 is 5.91 Å². The van der Waals surface area contributed by atoms with Crippen molar-refractivity contribution in [1.82, 2.24) is 10.2 Å². The van der Waals surface area contributed by atoms with Crippen molar-refractivity contribution in [1.29, 1.82) is 0 Å². The van der Waals surface area contributed by atoms with Gasteiger partial charge in [-0.25, -0.2) is 0 Å². The van der Waals surface area contributed by atoms with Crippen molar-refractivity contribution in [3.8, 4) is 5.75 Å². The molecule has 2 saturated heterocycles. The van der Waals surface area contributed by atoms with Crippen LogP contribution in [0.1, 0.15) is 54.4 Å². The summed E-state index contributed by atoms with van der Waals surface area (Å²) in [4.78, 5) is 15.9. The van der Waals surface area contributed by atoms with E-state index in [0.29, 0.717) is 19.2 Å². The van der Waals surface area contributed by atoms with Crippen molar-refractivity contribution in [2.45, 2.75) is 63.1 Å². The number of ether oxygens (including phenoxy) is 1. The van der Waals surface area contributed by atoms with E-state index in [1.807, 2.05) is 30.3 Å². The molecular weight excluding hydrogens is 386 g/mol. The van der Waals surface area contributed by atoms with Crippen molar-refractivity contribution in [2.75, 3.05) is 19.7 Å². The molecule has 3 atom stereocenters. The van der Waals surface area contributed by atoms with Crippen molar-refractivity contribution in [3.63, 3.8) is 0 Å². The Bertz CT molecular complexity index is 824. The molecule has 1 amide bonds. The highest BCUT2D eigenvalue weighted by Crippen LogP contribution is 2.33. The standard InChI is InChI=1S/C26H35N3O2/c27-15-7-17-31-23-13-11-21(12-14-23)26(30)29-22(18-20-8-3-1-4-9-20)19-24-25(29)10-5-2-6-16-28-24/h1,3-4,8-9,11-14,22,24-25,28H,2,5-7,10,15-19,27H2/t22-,24+,25-/m0/s1. The molecule has 31 heavy (non-hydrogen) atoms. The highest BCUT2D eigenvalue weighted by Gasteiger charge is 2.43. The first-order chi connectivity index (χ1) is 15.3. The predicted octanol–water partition coefficient (Wildman–Crippen LogP) is 3.77. The van der Waals surface area contributed by atoms with Crippen molar-refractivity contribution in [2.24, 2.45) is 5.73 Å². The Labute approximate surface area is 186 Å². The fourth-order valence-electron chi connectivity index (χ4n) is 5.03. The van der Waals surface area contributed by atoms with Gasteiger partial charge in [-0.05, 0) is 75.0 Å². The van der Waals surface area contributed by atoms with E-state index in [2.05, 4.69) is 34.5 Å². The lowest BCUT2D eigenvalue weighted by atomic mass is 9.98. The van der Waals surface area contributed by atoms with Crippen LogP contribution in [-0.4, -0.2) is 48.6 Å². The van der Waals surface area contributed by atoms with E-state index in [-0.39, 0.29) is 18.0 Å². The summed E-state index contributed by atoms with van der Waals surface area (Å²) in [5, 5.41) is 3.75. The zero-order valence-corrected chi connectivity index (χ0v) is 18.3. The van der Waals surface area contributed by atoms with Gasteiger partial charge >= 0.3 is 0 Å². The minimum absolute atomic E-state index is 0.143. The molecule has 2 aromatic rings. The minimum atomic E-state index is 0.143. The van der Waals surface area contributed by atoms with Gasteiger partial charge < -0.3 is 20.7 Å². The van der Waals surface area contributed by atoms with Crippen LogP contribution in [0, 0.1) is 0 Å². The third-order valence-electron chi connectivity index (χ3n) is 6.59. The molecule has 0 radical (unpaired) electrons. The normalized spacial score (nSPS) is 23.6. The number of likely N-dealkylation sites (tertiary alicyclic amines) is 1. The largest absolute Gasteiger partial charge is 0.494 e. The summed E-state index contributed by atoms with van der Waals surface area (Å²) in [5.74, 6) is 0.932. The number of carbonyl (C=O) groups excluding carboxylic acids is 1. The molecule has 4 rings (SSSR count). The number of nitrogens with two attached hydrogens (primary N) is 1. The minimum Gasteiger partial charge on any atom is -0.494 e. The zero-order valence-electron chi connectivity index (χ0n) is 18.3. The Hall–Kier alpha value is -2.37. The van der Waals surface area contributed by atoms with Gasteiger partial charge in [0, 0.05) is 23.7 Å². The summed E-state index contributed by atoms with van der Waals surface area (Å²) in [6.07, 6.45) is 7.48. The number of hydrogen-bond acceptors (Lipinski definition) is 4. The molecule has 0 aromatic heterocycles. The van der Waals surface area contributed by atoms with Crippen molar-refractivity contribution < 1.29 is 9.53 Å². The Morgan fingerprint density at radius 2 is 1.87 bits per heavy atom. The summed E-state index contributed by atoms with van der Waals surface area (Å²) in [6, 6.07) is 19.0. The van der Waals surface area contributed by atoms with Crippen LogP contribution >= 0.6 is 0 Å². The second kappa shape index (κ2) is 10.8. The molecule has 2 heterocycles. The summed E-state index contributed by atoms with van der Waals surface area (Å²) >= 11 is 0. The van der Waals surface area contributed by atoms with Gasteiger partial charge in [-0.15, -0.1) is 0 Å². The Kier molecular flexibility index (Phi) is 7.60. The average molecular weight is 422 g/mol. The van der Waals surface area contributed by atoms with E-state index < -0.39 is 0 Å². The van der Waals surface area contributed by atoms with Gasteiger partial charge in [0.2, 0.25) is 0 Å². The van der Waals surface area contributed by atoms with Crippen LogP contribution in [0.15, 0.2) is 54.6 Å². The summed E-state index contributed by atoms with van der Waals surface area (Å²) in [5.41, 5.74) is 7.57. The summed E-state index contributed by atoms with van der Waals surface area (Å²) in [7, 11) is 0. The molecular formula is C26H35N3O2. The number of carbonyl (C=O) groups is 1. The van der Waals surface area contributed by atoms with Crippen LogP contribution in [0.5, 0.6) is 5.75 Å². The number of hydrogen-bond donors (Lipinski definition) is 2. The number of nitrogens with one attached hydrogen (secondary N) is 1. The topological polar surface area (TPSA) is 67.6 Å². The maximum Gasteiger partial charge on any atom is 0.254 e. The molecule has 166 valence electrons. The van der Waals surface area contributed by atoms with Crippen LogP contribution in [0.4, 0.5) is 0 Å². The molecule has 5 nitrogen and oxygen atoms in total. The Balaban J connectivity index is 1.54. The van der Waals surface area contributed by atoms with Crippen LogP contribution < -0.4 is 15.8 Å². The maximum atomic E-state index is 13.7. The first-order valence-electron chi connectivity index (χ1n) is 11.8. The van der Waals surface area contributed by atoms with Gasteiger partial charge in [0.25, 0.3) is 5.91 Å². The first kappa shape index (κ1) is 21.8. The third-order valence-corrected chi connectivity index (χ3v) is 6.59. The van der Waals surface area contributed by atoms with Gasteiger partial charge in [-0.2, -0.15) is 0 Å². The van der Waals surface area contributed by atoms with Gasteiger partial charge in [0.1, 0.15) is 5.75 Å². The van der Waals surface area contributed by atoms with Gasteiger partial charge in [-0.1, -0.05) is 43.2 Å². The van der Waals surface area contributed by atoms with Gasteiger partial charge in [0.05, 0.1) is 6.61 Å². The molecule has 2 aliphatic heterocycles. The highest BCUT2D eigenvalue weighted by atomic mass is 16.5. The van der Waals surface area contributed by atoms with Crippen LogP contribution in [0.25, 0.3) is 0 Å². The monoisotopic (exact) mass is 421 g/mol. The molecule has 2 aromatic carbocycles. The van der Waals surface area contributed by atoms with E-state index in [1.54, 1.807) is 0 Å². The second-order valence-corrected chi connectivity index (χ2v) is 8.78. The van der Waals surface area contributed by atoms with E-state index in [9.17, 15) is 4.79 Å². The SMILES string of the molecule is NCCCOc1ccc(C(=O)N2[C@@H](Cc3ccccc3)C[C@H]3NCCCCC[C@@H]32)cc1. The number of benzene rings is 2. The lowest BCUT2D eigenvalue weighted by Crippen LogP contribution is -2.47. The Morgan fingerprint density at radius 3 is 2.65 bits per heavy atom. The lowest BCUT2D eigenvalue weighted by molar-refractivity contribution is 0.0642. The maximum absolute atomic E-state index is 13.7. The Morgan fingerprint density at radius 1 is 1.06 bits per heavy atom. The van der Waals surface area contributed by atoms with Crippen LogP contribution in [-0.2, 0) is 6.42 Å².